The molecule has 0 saturated heterocycles. The van der Waals surface area contributed by atoms with E-state index in [0.29, 0.717) is 18.9 Å². The molecule has 0 radical (unpaired) electrons. The first-order valence-corrected chi connectivity index (χ1v) is 7.59. The number of benzene rings is 1. The SMILES string of the molecule is CC(C)CC(CNC(C)CCc1cccc(F)c1)C(=O)O. The molecule has 2 unspecified atom stereocenters. The summed E-state index contributed by atoms with van der Waals surface area (Å²) in [5.74, 6) is -0.929. The van der Waals surface area contributed by atoms with Gasteiger partial charge in [0.2, 0.25) is 0 Å². The van der Waals surface area contributed by atoms with Gasteiger partial charge in [0.1, 0.15) is 5.82 Å². The van der Waals surface area contributed by atoms with Crippen molar-refractivity contribution >= 4 is 5.97 Å². The number of carboxylic acid groups (broad SMARTS) is 1. The molecule has 0 aromatic heterocycles. The van der Waals surface area contributed by atoms with E-state index in [0.717, 1.165) is 18.4 Å². The van der Waals surface area contributed by atoms with E-state index in [4.69, 9.17) is 0 Å². The molecule has 0 fully saturated rings. The molecular weight excluding hydrogens is 269 g/mol. The molecule has 3 nitrogen and oxygen atoms in total. The predicted molar refractivity (Wildman–Crippen MR) is 82.8 cm³/mol. The van der Waals surface area contributed by atoms with Crippen molar-refractivity contribution in [3.63, 3.8) is 0 Å². The number of aryl methyl sites for hydroxylation is 1. The Balaban J connectivity index is 2.35. The van der Waals surface area contributed by atoms with Crippen LogP contribution >= 0.6 is 0 Å². The first-order valence-electron chi connectivity index (χ1n) is 7.59. The van der Waals surface area contributed by atoms with Gasteiger partial charge in [0.15, 0.2) is 0 Å². The maximum Gasteiger partial charge on any atom is 0.307 e. The second kappa shape index (κ2) is 8.78. The second-order valence-electron chi connectivity index (χ2n) is 6.14. The lowest BCUT2D eigenvalue weighted by molar-refractivity contribution is -0.142. The highest BCUT2D eigenvalue weighted by Crippen LogP contribution is 2.12. The third kappa shape index (κ3) is 7.23. The maximum absolute atomic E-state index is 13.1. The first-order chi connectivity index (χ1) is 9.88. The Bertz CT molecular complexity index is 448. The standard InChI is InChI=1S/C17H26FNO2/c1-12(2)9-15(17(20)21)11-19-13(3)7-8-14-5-4-6-16(18)10-14/h4-6,10,12-13,15,19H,7-9,11H2,1-3H3,(H,20,21). The molecule has 0 bridgehead atoms. The zero-order valence-corrected chi connectivity index (χ0v) is 13.1. The fourth-order valence-corrected chi connectivity index (χ4v) is 2.36. The van der Waals surface area contributed by atoms with Crippen molar-refractivity contribution in [2.45, 2.75) is 46.1 Å². The Morgan fingerprint density at radius 3 is 2.62 bits per heavy atom. The monoisotopic (exact) mass is 295 g/mol. The van der Waals surface area contributed by atoms with Gasteiger partial charge < -0.3 is 10.4 Å². The van der Waals surface area contributed by atoms with Crippen LogP contribution in [0.2, 0.25) is 0 Å². The van der Waals surface area contributed by atoms with Crippen LogP contribution in [0, 0.1) is 17.7 Å². The Kier molecular flexibility index (Phi) is 7.37. The summed E-state index contributed by atoms with van der Waals surface area (Å²) in [7, 11) is 0. The molecule has 1 aromatic carbocycles. The average molecular weight is 295 g/mol. The number of hydrogen-bond donors (Lipinski definition) is 2. The third-order valence-electron chi connectivity index (χ3n) is 3.57. The molecule has 0 saturated carbocycles. The van der Waals surface area contributed by atoms with E-state index < -0.39 is 5.97 Å². The molecule has 21 heavy (non-hydrogen) atoms. The summed E-state index contributed by atoms with van der Waals surface area (Å²) < 4.78 is 13.1. The van der Waals surface area contributed by atoms with E-state index in [1.165, 1.54) is 6.07 Å². The zero-order valence-electron chi connectivity index (χ0n) is 13.1. The van der Waals surface area contributed by atoms with Gasteiger partial charge in [-0.3, -0.25) is 4.79 Å². The fourth-order valence-electron chi connectivity index (χ4n) is 2.36. The smallest absolute Gasteiger partial charge is 0.307 e. The number of nitrogens with one attached hydrogen (secondary N) is 1. The van der Waals surface area contributed by atoms with Crippen molar-refractivity contribution < 1.29 is 14.3 Å². The van der Waals surface area contributed by atoms with Crippen LogP contribution < -0.4 is 5.32 Å². The van der Waals surface area contributed by atoms with Crippen molar-refractivity contribution in [3.8, 4) is 0 Å². The van der Waals surface area contributed by atoms with Crippen LogP contribution in [0.25, 0.3) is 0 Å². The number of halogens is 1. The summed E-state index contributed by atoms with van der Waals surface area (Å²) in [4.78, 5) is 11.2. The molecule has 0 amide bonds. The van der Waals surface area contributed by atoms with Crippen molar-refractivity contribution in [2.24, 2.45) is 11.8 Å². The van der Waals surface area contributed by atoms with Gasteiger partial charge in [0.25, 0.3) is 0 Å². The molecule has 0 aliphatic rings. The molecule has 0 spiro atoms. The summed E-state index contributed by atoms with van der Waals surface area (Å²) in [6.45, 7) is 6.58. The van der Waals surface area contributed by atoms with E-state index in [1.54, 1.807) is 12.1 Å². The van der Waals surface area contributed by atoms with Crippen LogP contribution in [0.4, 0.5) is 4.39 Å². The largest absolute Gasteiger partial charge is 0.481 e. The molecular formula is C17H26FNO2. The molecule has 0 heterocycles. The minimum atomic E-state index is -0.742. The lowest BCUT2D eigenvalue weighted by Crippen LogP contribution is -2.35. The minimum Gasteiger partial charge on any atom is -0.481 e. The second-order valence-corrected chi connectivity index (χ2v) is 6.14. The van der Waals surface area contributed by atoms with E-state index in [-0.39, 0.29) is 17.8 Å². The van der Waals surface area contributed by atoms with Crippen LogP contribution in [0.15, 0.2) is 24.3 Å². The normalized spacial score (nSPS) is 14.1. The van der Waals surface area contributed by atoms with E-state index in [9.17, 15) is 14.3 Å². The van der Waals surface area contributed by atoms with Crippen molar-refractivity contribution in [1.29, 1.82) is 0 Å². The third-order valence-corrected chi connectivity index (χ3v) is 3.57. The van der Waals surface area contributed by atoms with Gasteiger partial charge in [-0.05, 0) is 49.8 Å². The summed E-state index contributed by atoms with van der Waals surface area (Å²) >= 11 is 0. The van der Waals surface area contributed by atoms with Crippen molar-refractivity contribution in [1.82, 2.24) is 5.32 Å². The van der Waals surface area contributed by atoms with Crippen LogP contribution in [0.5, 0.6) is 0 Å². The number of carbonyl (C=O) groups is 1. The van der Waals surface area contributed by atoms with Gasteiger partial charge in [-0.25, -0.2) is 4.39 Å². The highest BCUT2D eigenvalue weighted by molar-refractivity contribution is 5.70. The van der Waals surface area contributed by atoms with Crippen molar-refractivity contribution in [2.75, 3.05) is 6.54 Å². The molecule has 2 atom stereocenters. The van der Waals surface area contributed by atoms with Crippen LogP contribution in [-0.2, 0) is 11.2 Å². The summed E-state index contributed by atoms with van der Waals surface area (Å²) in [5.41, 5.74) is 0.973. The lowest BCUT2D eigenvalue weighted by atomic mass is 9.96. The molecule has 1 aromatic rings. The highest BCUT2D eigenvalue weighted by atomic mass is 19.1. The van der Waals surface area contributed by atoms with Crippen molar-refractivity contribution in [3.05, 3.63) is 35.6 Å². The zero-order chi connectivity index (χ0) is 15.8. The summed E-state index contributed by atoms with van der Waals surface area (Å²) in [5, 5.41) is 12.5. The molecule has 1 rings (SSSR count). The Hall–Kier alpha value is -1.42. The molecule has 0 aliphatic heterocycles. The van der Waals surface area contributed by atoms with Crippen LogP contribution in [0.3, 0.4) is 0 Å². The fraction of sp³-hybridized carbons (Fsp3) is 0.588. The van der Waals surface area contributed by atoms with Gasteiger partial charge >= 0.3 is 5.97 Å². The summed E-state index contributed by atoms with van der Waals surface area (Å²) in [6.07, 6.45) is 2.32. The quantitative estimate of drug-likeness (QED) is 0.733. The minimum absolute atomic E-state index is 0.210. The van der Waals surface area contributed by atoms with Gasteiger partial charge in [-0.15, -0.1) is 0 Å². The van der Waals surface area contributed by atoms with Gasteiger partial charge in [-0.2, -0.15) is 0 Å². The van der Waals surface area contributed by atoms with E-state index in [1.807, 2.05) is 26.8 Å². The van der Waals surface area contributed by atoms with Crippen LogP contribution in [-0.4, -0.2) is 23.7 Å². The van der Waals surface area contributed by atoms with E-state index in [2.05, 4.69) is 5.32 Å². The average Bonchev–Trinajstić information content (AvgIpc) is 2.40. The Morgan fingerprint density at radius 2 is 2.05 bits per heavy atom. The lowest BCUT2D eigenvalue weighted by Gasteiger charge is -2.19. The number of aliphatic carboxylic acids is 1. The summed E-state index contributed by atoms with van der Waals surface area (Å²) in [6, 6.07) is 6.82. The van der Waals surface area contributed by atoms with Gasteiger partial charge in [0, 0.05) is 12.6 Å². The topological polar surface area (TPSA) is 49.3 Å². The maximum atomic E-state index is 13.1. The number of carboxylic acids is 1. The molecule has 2 N–H and O–H groups in total. The number of hydrogen-bond acceptors (Lipinski definition) is 2. The van der Waals surface area contributed by atoms with Gasteiger partial charge in [0.05, 0.1) is 5.92 Å². The molecule has 118 valence electrons. The molecule has 4 heteroatoms. The Morgan fingerprint density at radius 1 is 1.33 bits per heavy atom. The van der Waals surface area contributed by atoms with E-state index >= 15 is 0 Å². The first kappa shape index (κ1) is 17.6. The van der Waals surface area contributed by atoms with Crippen LogP contribution in [0.1, 0.15) is 39.2 Å². The molecule has 0 aliphatic carbocycles. The predicted octanol–water partition coefficient (Wildman–Crippen LogP) is 3.48. The Labute approximate surface area is 126 Å². The number of rotatable bonds is 9. The van der Waals surface area contributed by atoms with Gasteiger partial charge in [-0.1, -0.05) is 26.0 Å². The highest BCUT2D eigenvalue weighted by Gasteiger charge is 2.19.